The Balaban J connectivity index is 1.48. The van der Waals surface area contributed by atoms with Crippen LogP contribution in [0.1, 0.15) is 23.2 Å². The van der Waals surface area contributed by atoms with Gasteiger partial charge >= 0.3 is 0 Å². The molecule has 1 amide bonds. The third kappa shape index (κ3) is 3.14. The van der Waals surface area contributed by atoms with E-state index in [9.17, 15) is 4.79 Å². The second-order valence-corrected chi connectivity index (χ2v) is 8.64. The number of nitrogens with zero attached hydrogens (tertiary/aromatic N) is 4. The Labute approximate surface area is 159 Å². The Morgan fingerprint density at radius 1 is 1.31 bits per heavy atom. The topological polar surface area (TPSA) is 72.1 Å². The van der Waals surface area contributed by atoms with E-state index in [2.05, 4.69) is 21.2 Å². The van der Waals surface area contributed by atoms with Gasteiger partial charge in [-0.2, -0.15) is 0 Å². The van der Waals surface area contributed by atoms with E-state index in [1.807, 2.05) is 43.9 Å². The molecular weight excluding hydrogens is 368 g/mol. The van der Waals surface area contributed by atoms with Gasteiger partial charge < -0.3 is 9.32 Å². The normalized spacial score (nSPS) is 14.5. The lowest BCUT2D eigenvalue weighted by Crippen LogP contribution is -2.35. The number of thiazole rings is 1. The van der Waals surface area contributed by atoms with Crippen molar-refractivity contribution in [1.29, 1.82) is 0 Å². The number of anilines is 1. The summed E-state index contributed by atoms with van der Waals surface area (Å²) in [6.07, 6.45) is 0.897. The van der Waals surface area contributed by atoms with Crippen LogP contribution < -0.4 is 4.90 Å². The highest BCUT2D eigenvalue weighted by atomic mass is 32.2. The first-order valence-corrected chi connectivity index (χ1v) is 10.1. The average Bonchev–Trinajstić information content (AvgIpc) is 3.32. The van der Waals surface area contributed by atoms with E-state index < -0.39 is 0 Å². The fraction of sp³-hybridized carbons (Fsp3) is 0.333. The fourth-order valence-corrected chi connectivity index (χ4v) is 4.65. The minimum absolute atomic E-state index is 0.0597. The number of aryl methyl sites for hydroxylation is 2. The van der Waals surface area contributed by atoms with Crippen LogP contribution in [0.15, 0.2) is 33.9 Å². The zero-order valence-electron chi connectivity index (χ0n) is 14.7. The molecule has 1 aromatic carbocycles. The van der Waals surface area contributed by atoms with Gasteiger partial charge in [-0.15, -0.1) is 21.5 Å². The first kappa shape index (κ1) is 17.2. The summed E-state index contributed by atoms with van der Waals surface area (Å²) < 4.78 is 5.76. The van der Waals surface area contributed by atoms with Gasteiger partial charge in [-0.25, -0.2) is 4.98 Å². The van der Waals surface area contributed by atoms with E-state index in [1.165, 1.54) is 28.7 Å². The quantitative estimate of drug-likeness (QED) is 0.634. The summed E-state index contributed by atoms with van der Waals surface area (Å²) in [7, 11) is 0. The van der Waals surface area contributed by atoms with Gasteiger partial charge in [0.05, 0.1) is 16.0 Å². The Bertz CT molecular complexity index is 966. The molecule has 0 unspecified atom stereocenters. The van der Waals surface area contributed by atoms with Crippen molar-refractivity contribution in [3.05, 3.63) is 40.5 Å². The zero-order chi connectivity index (χ0) is 18.3. The molecule has 4 rings (SSSR count). The maximum Gasteiger partial charge on any atom is 0.277 e. The number of thioether (sulfide) groups is 1. The molecule has 3 heterocycles. The summed E-state index contributed by atoms with van der Waals surface area (Å²) in [6, 6.07) is 8.04. The Hall–Kier alpha value is -2.19. The lowest BCUT2D eigenvalue weighted by atomic mass is 10.2. The lowest BCUT2D eigenvalue weighted by molar-refractivity contribution is -0.117. The van der Waals surface area contributed by atoms with Crippen LogP contribution in [0.4, 0.5) is 5.69 Å². The number of amides is 1. The molecule has 26 heavy (non-hydrogen) atoms. The van der Waals surface area contributed by atoms with Crippen LogP contribution >= 0.6 is 23.1 Å². The highest BCUT2D eigenvalue weighted by Crippen LogP contribution is 2.34. The van der Waals surface area contributed by atoms with Crippen LogP contribution in [0.3, 0.4) is 0 Å². The van der Waals surface area contributed by atoms with Crippen molar-refractivity contribution < 1.29 is 9.21 Å². The Kier molecular flexibility index (Phi) is 4.54. The molecule has 1 atom stereocenters. The molecule has 0 bridgehead atoms. The van der Waals surface area contributed by atoms with Crippen LogP contribution in [-0.4, -0.2) is 32.9 Å². The van der Waals surface area contributed by atoms with Crippen molar-refractivity contribution >= 4 is 34.7 Å². The fourth-order valence-electron chi connectivity index (χ4n) is 3.07. The minimum atomic E-state index is -0.307. The van der Waals surface area contributed by atoms with Gasteiger partial charge in [-0.1, -0.05) is 30.0 Å². The number of para-hydroxylation sites is 1. The average molecular weight is 387 g/mol. The van der Waals surface area contributed by atoms with Crippen molar-refractivity contribution in [2.24, 2.45) is 0 Å². The largest absolute Gasteiger partial charge is 0.410 e. The molecule has 134 valence electrons. The second kappa shape index (κ2) is 6.85. The first-order valence-electron chi connectivity index (χ1n) is 8.37. The number of carbonyl (C=O) groups is 1. The smallest absolute Gasteiger partial charge is 0.277 e. The molecule has 3 aromatic rings. The van der Waals surface area contributed by atoms with Crippen LogP contribution in [0.2, 0.25) is 0 Å². The predicted molar refractivity (Wildman–Crippen MR) is 103 cm³/mol. The van der Waals surface area contributed by atoms with Gasteiger partial charge in [0, 0.05) is 12.2 Å². The lowest BCUT2D eigenvalue weighted by Gasteiger charge is -2.20. The number of hydrogen-bond donors (Lipinski definition) is 0. The van der Waals surface area contributed by atoms with Gasteiger partial charge in [0.1, 0.15) is 4.88 Å². The maximum absolute atomic E-state index is 12.9. The number of carbonyl (C=O) groups excluding carboxylic acids is 1. The molecule has 1 aliphatic rings. The van der Waals surface area contributed by atoms with Crippen LogP contribution in [0.5, 0.6) is 0 Å². The number of benzene rings is 1. The summed E-state index contributed by atoms with van der Waals surface area (Å²) in [5, 5.41) is 9.26. The summed E-state index contributed by atoms with van der Waals surface area (Å²) in [5.41, 5.74) is 3.10. The highest BCUT2D eigenvalue weighted by molar-refractivity contribution is 8.00. The SMILES string of the molecule is Cc1nc(C)c(-c2nnc(S[C@@H](C)C(=O)N3CCc4ccccc43)o2)s1. The molecule has 8 heteroatoms. The van der Waals surface area contributed by atoms with Crippen LogP contribution in [-0.2, 0) is 11.2 Å². The van der Waals surface area contributed by atoms with Gasteiger partial charge in [0.2, 0.25) is 5.91 Å². The zero-order valence-corrected chi connectivity index (χ0v) is 16.4. The van der Waals surface area contributed by atoms with E-state index in [1.54, 1.807) is 0 Å². The highest BCUT2D eigenvalue weighted by Gasteiger charge is 2.29. The van der Waals surface area contributed by atoms with E-state index in [4.69, 9.17) is 4.42 Å². The first-order chi connectivity index (χ1) is 12.5. The van der Waals surface area contributed by atoms with Crippen molar-refractivity contribution in [2.45, 2.75) is 37.7 Å². The Morgan fingerprint density at radius 3 is 2.88 bits per heavy atom. The molecular formula is C18H18N4O2S2. The number of fused-ring (bicyclic) bond motifs is 1. The van der Waals surface area contributed by atoms with Gasteiger partial charge in [-0.3, -0.25) is 4.79 Å². The molecule has 1 aliphatic heterocycles. The summed E-state index contributed by atoms with van der Waals surface area (Å²) in [4.78, 5) is 20.0. The standard InChI is InChI=1S/C18H18N4O2S2/c1-10-15(26-12(3)19-10)16-20-21-18(24-16)25-11(2)17(23)22-9-8-13-6-4-5-7-14(13)22/h4-7,11H,8-9H2,1-3H3/t11-/m0/s1. The molecule has 0 radical (unpaired) electrons. The molecule has 0 aliphatic carbocycles. The summed E-state index contributed by atoms with van der Waals surface area (Å²) in [6.45, 7) is 6.46. The van der Waals surface area contributed by atoms with Crippen LogP contribution in [0, 0.1) is 13.8 Å². The molecule has 6 nitrogen and oxygen atoms in total. The molecule has 0 saturated heterocycles. The molecule has 0 spiro atoms. The molecule has 2 aromatic heterocycles. The number of rotatable bonds is 4. The van der Waals surface area contributed by atoms with E-state index >= 15 is 0 Å². The third-order valence-electron chi connectivity index (χ3n) is 4.28. The van der Waals surface area contributed by atoms with Gasteiger partial charge in [-0.05, 0) is 38.8 Å². The van der Waals surface area contributed by atoms with E-state index in [-0.39, 0.29) is 11.2 Å². The van der Waals surface area contributed by atoms with E-state index in [0.717, 1.165) is 34.2 Å². The van der Waals surface area contributed by atoms with Crippen molar-refractivity contribution in [2.75, 3.05) is 11.4 Å². The van der Waals surface area contributed by atoms with Crippen molar-refractivity contribution in [3.8, 4) is 10.8 Å². The second-order valence-electron chi connectivity index (χ2n) is 6.15. The molecule has 0 N–H and O–H groups in total. The van der Waals surface area contributed by atoms with Gasteiger partial charge in [0.25, 0.3) is 11.1 Å². The Morgan fingerprint density at radius 2 is 2.12 bits per heavy atom. The van der Waals surface area contributed by atoms with Crippen molar-refractivity contribution in [1.82, 2.24) is 15.2 Å². The summed E-state index contributed by atoms with van der Waals surface area (Å²) >= 11 is 2.82. The third-order valence-corrected chi connectivity index (χ3v) is 6.27. The van der Waals surface area contributed by atoms with Crippen molar-refractivity contribution in [3.63, 3.8) is 0 Å². The maximum atomic E-state index is 12.9. The number of hydrogen-bond acceptors (Lipinski definition) is 7. The van der Waals surface area contributed by atoms with E-state index in [0.29, 0.717) is 11.1 Å². The van der Waals surface area contributed by atoms with Gasteiger partial charge in [0.15, 0.2) is 0 Å². The minimum Gasteiger partial charge on any atom is -0.410 e. The monoisotopic (exact) mass is 386 g/mol. The number of aromatic nitrogens is 3. The molecule has 0 saturated carbocycles. The summed E-state index contributed by atoms with van der Waals surface area (Å²) in [5.74, 6) is 0.520. The molecule has 0 fully saturated rings. The van der Waals surface area contributed by atoms with Crippen LogP contribution in [0.25, 0.3) is 10.8 Å². The predicted octanol–water partition coefficient (Wildman–Crippen LogP) is 3.88.